The largest absolute Gasteiger partial charge is 0.479 e. The van der Waals surface area contributed by atoms with Gasteiger partial charge in [0.1, 0.15) is 0 Å². The molecular weight excluding hydrogens is 428 g/mol. The molecule has 0 radical (unpaired) electrons. The molecule has 0 amide bonds. The molecule has 2 aromatic carbocycles. The zero-order chi connectivity index (χ0) is 22.2. The van der Waals surface area contributed by atoms with Crippen molar-refractivity contribution in [3.63, 3.8) is 0 Å². The van der Waals surface area contributed by atoms with Crippen LogP contribution in [0.3, 0.4) is 0 Å². The van der Waals surface area contributed by atoms with Gasteiger partial charge >= 0.3 is 5.97 Å². The standard InChI is InChI=1S/C20H20N2O6S2/c1-22-13-12-21-19(22)30(27,28)20(18(23)24,29(2,25)26)14-15-8-10-17(11-9-15)16-6-4-3-5-7-16/h3-13H,14H2,1-2H3,(H,23,24). The summed E-state index contributed by atoms with van der Waals surface area (Å²) in [5.74, 6) is -1.97. The summed E-state index contributed by atoms with van der Waals surface area (Å²) in [5, 5.41) is 9.25. The van der Waals surface area contributed by atoms with Crippen molar-refractivity contribution in [2.24, 2.45) is 7.05 Å². The molecule has 0 spiro atoms. The van der Waals surface area contributed by atoms with Crippen LogP contribution < -0.4 is 0 Å². The fourth-order valence-electron chi connectivity index (χ4n) is 3.25. The van der Waals surface area contributed by atoms with Crippen LogP contribution in [-0.4, -0.2) is 47.8 Å². The summed E-state index contributed by atoms with van der Waals surface area (Å²) in [6, 6.07) is 15.8. The first-order valence-corrected chi connectivity index (χ1v) is 12.2. The van der Waals surface area contributed by atoms with E-state index in [0.29, 0.717) is 6.26 Å². The summed E-state index contributed by atoms with van der Waals surface area (Å²) >= 11 is 0. The van der Waals surface area contributed by atoms with E-state index >= 15 is 0 Å². The van der Waals surface area contributed by atoms with Crippen molar-refractivity contribution in [2.75, 3.05) is 6.26 Å². The Kier molecular flexibility index (Phi) is 5.57. The number of carboxylic acid groups (broad SMARTS) is 1. The van der Waals surface area contributed by atoms with Gasteiger partial charge in [0.25, 0.3) is 4.08 Å². The molecule has 1 heterocycles. The number of carboxylic acids is 1. The van der Waals surface area contributed by atoms with E-state index in [2.05, 4.69) is 4.98 Å². The van der Waals surface area contributed by atoms with E-state index in [1.165, 1.54) is 25.4 Å². The maximum absolute atomic E-state index is 13.3. The van der Waals surface area contributed by atoms with Crippen LogP contribution in [0, 0.1) is 0 Å². The summed E-state index contributed by atoms with van der Waals surface area (Å²) < 4.78 is 49.8. The van der Waals surface area contributed by atoms with E-state index in [9.17, 15) is 26.7 Å². The zero-order valence-electron chi connectivity index (χ0n) is 16.3. The number of hydrogen-bond acceptors (Lipinski definition) is 6. The van der Waals surface area contributed by atoms with Gasteiger partial charge in [0.05, 0.1) is 0 Å². The van der Waals surface area contributed by atoms with Crippen molar-refractivity contribution in [1.29, 1.82) is 0 Å². The predicted octanol–water partition coefficient (Wildman–Crippen LogP) is 1.93. The quantitative estimate of drug-likeness (QED) is 0.586. The third-order valence-corrected chi connectivity index (χ3v) is 10.0. The molecule has 1 N–H and O–H groups in total. The van der Waals surface area contributed by atoms with Crippen molar-refractivity contribution < 1.29 is 26.7 Å². The SMILES string of the molecule is Cn1ccnc1S(=O)(=O)C(Cc1ccc(-c2ccccc2)cc1)(C(=O)O)S(C)(=O)=O. The number of imidazole rings is 1. The topological polar surface area (TPSA) is 123 Å². The van der Waals surface area contributed by atoms with E-state index in [1.54, 1.807) is 12.1 Å². The highest BCUT2D eigenvalue weighted by molar-refractivity contribution is 8.11. The molecule has 0 aliphatic heterocycles. The van der Waals surface area contributed by atoms with Crippen molar-refractivity contribution in [3.8, 4) is 11.1 Å². The highest BCUT2D eigenvalue weighted by Gasteiger charge is 2.61. The van der Waals surface area contributed by atoms with Gasteiger partial charge < -0.3 is 9.67 Å². The lowest BCUT2D eigenvalue weighted by molar-refractivity contribution is -0.137. The Morgan fingerprint density at radius 3 is 2.03 bits per heavy atom. The average molecular weight is 449 g/mol. The number of aryl methyl sites for hydroxylation is 1. The lowest BCUT2D eigenvalue weighted by Crippen LogP contribution is -2.55. The Bertz CT molecular complexity index is 1280. The minimum atomic E-state index is -4.90. The summed E-state index contributed by atoms with van der Waals surface area (Å²) in [4.78, 5) is 15.9. The monoisotopic (exact) mass is 448 g/mol. The van der Waals surface area contributed by atoms with Crippen molar-refractivity contribution in [2.45, 2.75) is 15.7 Å². The van der Waals surface area contributed by atoms with Gasteiger partial charge in [0.15, 0.2) is 9.84 Å². The minimum Gasteiger partial charge on any atom is -0.479 e. The smallest absolute Gasteiger partial charge is 0.341 e. The van der Waals surface area contributed by atoms with Gasteiger partial charge in [-0.05, 0) is 16.7 Å². The molecule has 0 aliphatic rings. The molecule has 0 saturated carbocycles. The third kappa shape index (κ3) is 3.52. The molecule has 1 aromatic heterocycles. The molecule has 158 valence electrons. The first-order chi connectivity index (χ1) is 14.0. The first kappa shape index (κ1) is 21.7. The van der Waals surface area contributed by atoms with E-state index in [0.717, 1.165) is 21.9 Å². The predicted molar refractivity (Wildman–Crippen MR) is 111 cm³/mol. The molecule has 0 fully saturated rings. The number of carbonyl (C=O) groups is 1. The normalized spacial score (nSPS) is 14.2. The molecule has 8 nitrogen and oxygen atoms in total. The Labute approximate surface area is 174 Å². The zero-order valence-corrected chi connectivity index (χ0v) is 17.9. The second-order valence-corrected chi connectivity index (χ2v) is 11.5. The summed E-state index contributed by atoms with van der Waals surface area (Å²) in [5.41, 5.74) is 1.99. The molecule has 3 rings (SSSR count). The number of sulfone groups is 2. The Balaban J connectivity index is 2.13. The van der Waals surface area contributed by atoms with Crippen molar-refractivity contribution >= 4 is 25.6 Å². The Hall–Kier alpha value is -2.98. The molecule has 30 heavy (non-hydrogen) atoms. The highest BCUT2D eigenvalue weighted by Crippen LogP contribution is 2.34. The fraction of sp³-hybridized carbons (Fsp3) is 0.200. The van der Waals surface area contributed by atoms with Gasteiger partial charge in [-0.25, -0.2) is 26.6 Å². The molecular formula is C20H20N2O6S2. The Morgan fingerprint density at radius 1 is 1.00 bits per heavy atom. The second kappa shape index (κ2) is 7.69. The van der Waals surface area contributed by atoms with Crippen molar-refractivity contribution in [3.05, 3.63) is 72.6 Å². The first-order valence-electron chi connectivity index (χ1n) is 8.80. The summed E-state index contributed by atoms with van der Waals surface area (Å²) in [7, 11) is -8.18. The van der Waals surface area contributed by atoms with Crippen LogP contribution in [0.2, 0.25) is 0 Å². The van der Waals surface area contributed by atoms with E-state index in [4.69, 9.17) is 0 Å². The summed E-state index contributed by atoms with van der Waals surface area (Å²) in [6.07, 6.45) is 2.32. The lowest BCUT2D eigenvalue weighted by atomic mass is 10.0. The number of aliphatic carboxylic acids is 1. The van der Waals surface area contributed by atoms with Crippen LogP contribution in [0.4, 0.5) is 0 Å². The fourth-order valence-corrected chi connectivity index (χ4v) is 7.33. The van der Waals surface area contributed by atoms with Gasteiger partial charge in [-0.2, -0.15) is 0 Å². The minimum absolute atomic E-state index is 0.250. The van der Waals surface area contributed by atoms with Gasteiger partial charge in [-0.3, -0.25) is 0 Å². The van der Waals surface area contributed by atoms with Gasteiger partial charge in [0.2, 0.25) is 15.0 Å². The molecule has 0 aliphatic carbocycles. The van der Waals surface area contributed by atoms with Gasteiger partial charge in [-0.1, -0.05) is 54.6 Å². The maximum Gasteiger partial charge on any atom is 0.341 e. The third-order valence-electron chi connectivity index (χ3n) is 4.87. The Morgan fingerprint density at radius 2 is 1.57 bits per heavy atom. The molecule has 0 bridgehead atoms. The number of rotatable bonds is 7. The number of hydrogen-bond donors (Lipinski definition) is 1. The molecule has 3 aromatic rings. The average Bonchev–Trinajstić information content (AvgIpc) is 3.12. The molecule has 10 heteroatoms. The number of nitrogens with zero attached hydrogens (tertiary/aromatic N) is 2. The van der Waals surface area contributed by atoms with E-state index < -0.39 is 41.3 Å². The van der Waals surface area contributed by atoms with E-state index in [1.807, 2.05) is 30.3 Å². The lowest BCUT2D eigenvalue weighted by Gasteiger charge is -2.27. The summed E-state index contributed by atoms with van der Waals surface area (Å²) in [6.45, 7) is 0. The number of benzene rings is 2. The van der Waals surface area contributed by atoms with Gasteiger partial charge in [-0.15, -0.1) is 0 Å². The number of aromatic nitrogens is 2. The molecule has 0 saturated heterocycles. The van der Waals surface area contributed by atoms with Gasteiger partial charge in [0, 0.05) is 32.1 Å². The highest BCUT2D eigenvalue weighted by atomic mass is 32.3. The second-order valence-electron chi connectivity index (χ2n) is 6.89. The van der Waals surface area contributed by atoms with Crippen LogP contribution in [0.1, 0.15) is 5.56 Å². The van der Waals surface area contributed by atoms with Crippen LogP contribution >= 0.6 is 0 Å². The van der Waals surface area contributed by atoms with Crippen molar-refractivity contribution in [1.82, 2.24) is 9.55 Å². The van der Waals surface area contributed by atoms with E-state index in [-0.39, 0.29) is 5.56 Å². The maximum atomic E-state index is 13.3. The molecule has 1 atom stereocenters. The van der Waals surface area contributed by atoms with Crippen LogP contribution in [0.25, 0.3) is 11.1 Å². The van der Waals surface area contributed by atoms with Crippen LogP contribution in [0.5, 0.6) is 0 Å². The van der Waals surface area contributed by atoms with Crippen LogP contribution in [0.15, 0.2) is 72.1 Å². The van der Waals surface area contributed by atoms with Crippen LogP contribution in [-0.2, 0) is 37.9 Å². The molecule has 1 unspecified atom stereocenters.